The van der Waals surface area contributed by atoms with Gasteiger partial charge in [-0.15, -0.1) is 0 Å². The first-order chi connectivity index (χ1) is 15.5. The van der Waals surface area contributed by atoms with Crippen LogP contribution in [0.15, 0.2) is 48.5 Å². The van der Waals surface area contributed by atoms with Gasteiger partial charge in [0.05, 0.1) is 12.0 Å². The molecule has 1 aliphatic heterocycles. The van der Waals surface area contributed by atoms with E-state index in [4.69, 9.17) is 25.8 Å². The minimum Gasteiger partial charge on any atom is -0.486 e. The Balaban J connectivity index is 1.21. The van der Waals surface area contributed by atoms with Gasteiger partial charge >= 0.3 is 12.0 Å². The van der Waals surface area contributed by atoms with E-state index in [1.54, 1.807) is 36.4 Å². The first-order valence-electron chi connectivity index (χ1n) is 10.4. The molecule has 168 valence electrons. The van der Waals surface area contributed by atoms with Gasteiger partial charge in [-0.3, -0.25) is 14.9 Å². The van der Waals surface area contributed by atoms with E-state index in [9.17, 15) is 14.4 Å². The third-order valence-corrected chi connectivity index (χ3v) is 5.89. The van der Waals surface area contributed by atoms with E-state index < -0.39 is 29.9 Å². The summed E-state index contributed by atoms with van der Waals surface area (Å²) in [5.41, 5.74) is 0.0504. The van der Waals surface area contributed by atoms with E-state index >= 15 is 0 Å². The lowest BCUT2D eigenvalue weighted by Gasteiger charge is -2.39. The molecule has 0 radical (unpaired) electrons. The number of hydrogen-bond donors (Lipinski definition) is 2. The van der Waals surface area contributed by atoms with Crippen molar-refractivity contribution >= 4 is 29.5 Å². The Morgan fingerprint density at radius 3 is 2.47 bits per heavy atom. The minimum atomic E-state index is -0.762. The second kappa shape index (κ2) is 9.48. The van der Waals surface area contributed by atoms with Gasteiger partial charge in [0.15, 0.2) is 24.2 Å². The molecule has 1 aliphatic carbocycles. The Hall–Kier alpha value is -3.26. The van der Waals surface area contributed by atoms with Crippen molar-refractivity contribution in [1.82, 2.24) is 10.6 Å². The normalized spacial score (nSPS) is 18.1. The van der Waals surface area contributed by atoms with Crippen LogP contribution in [0.3, 0.4) is 0 Å². The quantitative estimate of drug-likeness (QED) is 0.645. The third kappa shape index (κ3) is 4.80. The molecule has 0 bridgehead atoms. The van der Waals surface area contributed by atoms with Crippen molar-refractivity contribution in [3.05, 3.63) is 59.1 Å². The third-order valence-electron chi connectivity index (χ3n) is 5.64. The van der Waals surface area contributed by atoms with Crippen LogP contribution in [-0.4, -0.2) is 43.8 Å². The lowest BCUT2D eigenvalue weighted by molar-refractivity contribution is -0.157. The Labute approximate surface area is 190 Å². The van der Waals surface area contributed by atoms with Gasteiger partial charge in [0.1, 0.15) is 6.61 Å². The van der Waals surface area contributed by atoms with Gasteiger partial charge in [0.2, 0.25) is 0 Å². The molecule has 0 saturated heterocycles. The molecular weight excluding hydrogens is 436 g/mol. The number of carbonyl (C=O) groups excluding carboxylic acids is 3. The fourth-order valence-electron chi connectivity index (χ4n) is 3.76. The molecule has 4 rings (SSSR count). The maximum atomic E-state index is 12.7. The molecule has 0 spiro atoms. The van der Waals surface area contributed by atoms with E-state index in [1.807, 2.05) is 12.1 Å². The van der Waals surface area contributed by atoms with Crippen molar-refractivity contribution in [1.29, 1.82) is 0 Å². The topological polar surface area (TPSA) is 103 Å². The van der Waals surface area contributed by atoms with Crippen LogP contribution in [-0.2, 0) is 19.7 Å². The molecule has 0 aromatic heterocycles. The second-order valence-corrected chi connectivity index (χ2v) is 8.21. The number of benzene rings is 2. The number of rotatable bonds is 6. The number of nitrogens with one attached hydrogen (secondary N) is 2. The molecule has 2 N–H and O–H groups in total. The number of para-hydroxylation sites is 2. The molecule has 1 atom stereocenters. The van der Waals surface area contributed by atoms with Crippen LogP contribution in [0.2, 0.25) is 5.02 Å². The van der Waals surface area contributed by atoms with Crippen molar-refractivity contribution in [3.63, 3.8) is 0 Å². The Morgan fingerprint density at radius 2 is 1.78 bits per heavy atom. The number of carbonyl (C=O) groups is 3. The summed E-state index contributed by atoms with van der Waals surface area (Å²) in [7, 11) is 0. The standard InChI is InChI=1S/C23H23ClN2O6/c24-16-8-6-15(7-9-16)23(10-3-11-23)21(28)31-14-20(27)26-22(29)25-12-17-13-30-18-4-1-2-5-19(18)32-17/h1-2,4-9,17H,3,10-14H2,(H2,25,26,27,29). The number of amides is 3. The summed E-state index contributed by atoms with van der Waals surface area (Å²) in [6, 6.07) is 13.6. The van der Waals surface area contributed by atoms with E-state index in [0.29, 0.717) is 29.4 Å². The van der Waals surface area contributed by atoms with E-state index in [1.165, 1.54) is 0 Å². The number of urea groups is 1. The monoisotopic (exact) mass is 458 g/mol. The number of hydrogen-bond acceptors (Lipinski definition) is 6. The average molecular weight is 459 g/mol. The lowest BCUT2D eigenvalue weighted by Crippen LogP contribution is -2.48. The summed E-state index contributed by atoms with van der Waals surface area (Å²) >= 11 is 5.93. The highest BCUT2D eigenvalue weighted by Crippen LogP contribution is 2.45. The highest BCUT2D eigenvalue weighted by molar-refractivity contribution is 6.30. The average Bonchev–Trinajstić information content (AvgIpc) is 2.76. The molecule has 2 aromatic carbocycles. The molecule has 1 fully saturated rings. The summed E-state index contributed by atoms with van der Waals surface area (Å²) in [6.07, 6.45) is 1.79. The molecule has 9 heteroatoms. The molecule has 2 aliphatic rings. The zero-order valence-corrected chi connectivity index (χ0v) is 18.0. The SMILES string of the molecule is O=C(COC(=O)C1(c2ccc(Cl)cc2)CCC1)NC(=O)NCC1COc2ccccc2O1. The minimum absolute atomic E-state index is 0.146. The van der Waals surface area contributed by atoms with Gasteiger partial charge in [0.25, 0.3) is 5.91 Å². The second-order valence-electron chi connectivity index (χ2n) is 7.77. The fraction of sp³-hybridized carbons (Fsp3) is 0.348. The number of ether oxygens (including phenoxy) is 3. The zero-order valence-electron chi connectivity index (χ0n) is 17.3. The molecule has 1 unspecified atom stereocenters. The summed E-state index contributed by atoms with van der Waals surface area (Å²) in [4.78, 5) is 36.8. The molecule has 1 saturated carbocycles. The van der Waals surface area contributed by atoms with Gasteiger partial charge < -0.3 is 19.5 Å². The first kappa shape index (κ1) is 22.0. The smallest absolute Gasteiger partial charge is 0.321 e. The number of imide groups is 1. The van der Waals surface area contributed by atoms with E-state index in [0.717, 1.165) is 12.0 Å². The number of esters is 1. The molecule has 3 amide bonds. The van der Waals surface area contributed by atoms with Crippen LogP contribution < -0.4 is 20.1 Å². The molecule has 1 heterocycles. The summed E-state index contributed by atoms with van der Waals surface area (Å²) < 4.78 is 16.5. The predicted molar refractivity (Wildman–Crippen MR) is 116 cm³/mol. The maximum absolute atomic E-state index is 12.7. The lowest BCUT2D eigenvalue weighted by atomic mass is 9.64. The summed E-state index contributed by atoms with van der Waals surface area (Å²) in [6.45, 7) is -0.124. The van der Waals surface area contributed by atoms with Crippen molar-refractivity contribution in [3.8, 4) is 11.5 Å². The Kier molecular flexibility index (Phi) is 6.50. The van der Waals surface area contributed by atoms with Gasteiger partial charge in [-0.05, 0) is 42.7 Å². The maximum Gasteiger partial charge on any atom is 0.321 e. The van der Waals surface area contributed by atoms with Crippen molar-refractivity contribution in [2.75, 3.05) is 19.8 Å². The summed E-state index contributed by atoms with van der Waals surface area (Å²) in [5, 5.41) is 5.29. The van der Waals surface area contributed by atoms with Crippen LogP contribution in [0.25, 0.3) is 0 Å². The van der Waals surface area contributed by atoms with Crippen LogP contribution in [0, 0.1) is 0 Å². The Bertz CT molecular complexity index is 1010. The van der Waals surface area contributed by atoms with Crippen LogP contribution in [0.1, 0.15) is 24.8 Å². The van der Waals surface area contributed by atoms with Gasteiger partial charge in [-0.1, -0.05) is 42.3 Å². The zero-order chi connectivity index (χ0) is 22.6. The van der Waals surface area contributed by atoms with E-state index in [-0.39, 0.29) is 19.3 Å². The summed E-state index contributed by atoms with van der Waals surface area (Å²) in [5.74, 6) is 0.0493. The van der Waals surface area contributed by atoms with Gasteiger partial charge in [0, 0.05) is 5.02 Å². The van der Waals surface area contributed by atoms with Crippen molar-refractivity contribution in [2.24, 2.45) is 0 Å². The number of fused-ring (bicyclic) bond motifs is 1. The molecular formula is C23H23ClN2O6. The largest absolute Gasteiger partial charge is 0.486 e. The fourth-order valence-corrected chi connectivity index (χ4v) is 3.88. The first-order valence-corrected chi connectivity index (χ1v) is 10.7. The Morgan fingerprint density at radius 1 is 1.06 bits per heavy atom. The molecule has 8 nitrogen and oxygen atoms in total. The molecule has 32 heavy (non-hydrogen) atoms. The van der Waals surface area contributed by atoms with Crippen LogP contribution >= 0.6 is 11.6 Å². The van der Waals surface area contributed by atoms with E-state index in [2.05, 4.69) is 10.6 Å². The van der Waals surface area contributed by atoms with Crippen LogP contribution in [0.4, 0.5) is 4.79 Å². The van der Waals surface area contributed by atoms with Crippen molar-refractivity contribution < 1.29 is 28.6 Å². The van der Waals surface area contributed by atoms with Gasteiger partial charge in [-0.2, -0.15) is 0 Å². The van der Waals surface area contributed by atoms with Crippen LogP contribution in [0.5, 0.6) is 11.5 Å². The molecule has 2 aromatic rings. The van der Waals surface area contributed by atoms with Crippen molar-refractivity contribution in [2.45, 2.75) is 30.8 Å². The number of halogens is 1. The highest BCUT2D eigenvalue weighted by atomic mass is 35.5. The predicted octanol–water partition coefficient (Wildman–Crippen LogP) is 2.97. The van der Waals surface area contributed by atoms with Gasteiger partial charge in [-0.25, -0.2) is 4.79 Å². The highest BCUT2D eigenvalue weighted by Gasteiger charge is 2.47.